The van der Waals surface area contributed by atoms with Crippen LogP contribution in [0.2, 0.25) is 0 Å². The van der Waals surface area contributed by atoms with Crippen LogP contribution in [-0.2, 0) is 14.4 Å². The highest BCUT2D eigenvalue weighted by Crippen LogP contribution is 2.65. The van der Waals surface area contributed by atoms with Crippen molar-refractivity contribution in [3.63, 3.8) is 0 Å². The van der Waals surface area contributed by atoms with Crippen molar-refractivity contribution in [1.29, 1.82) is 0 Å². The molecule has 1 unspecified atom stereocenters. The maximum Gasteiger partial charge on any atom is 0.251 e. The van der Waals surface area contributed by atoms with Gasteiger partial charge < -0.3 is 19.8 Å². The van der Waals surface area contributed by atoms with Crippen molar-refractivity contribution in [1.82, 2.24) is 9.80 Å². The zero-order chi connectivity index (χ0) is 26.7. The number of nitrogens with zero attached hydrogens (tertiary/aromatic N) is 3. The Morgan fingerprint density at radius 2 is 1.70 bits per heavy atom. The van der Waals surface area contributed by atoms with Crippen LogP contribution in [0.25, 0.3) is 0 Å². The second kappa shape index (κ2) is 9.31. The van der Waals surface area contributed by atoms with Crippen LogP contribution in [0.5, 0.6) is 0 Å². The average molecular weight is 524 g/mol. The summed E-state index contributed by atoms with van der Waals surface area (Å²) in [5.74, 6) is -1.67. The number of anilines is 1. The molecule has 1 N–H and O–H groups in total. The van der Waals surface area contributed by atoms with Gasteiger partial charge in [-0.1, -0.05) is 49.4 Å². The lowest BCUT2D eigenvalue weighted by Crippen LogP contribution is -2.56. The van der Waals surface area contributed by atoms with Gasteiger partial charge in [0.1, 0.15) is 6.04 Å². The van der Waals surface area contributed by atoms with Crippen LogP contribution in [-0.4, -0.2) is 80.4 Å². The van der Waals surface area contributed by atoms with Crippen molar-refractivity contribution in [2.24, 2.45) is 11.8 Å². The number of likely N-dealkylation sites (tertiary alicyclic amines) is 1. The number of hydrogen-bond acceptors (Lipinski definition) is 5. The third-order valence-corrected chi connectivity index (χ3v) is 10.3. The van der Waals surface area contributed by atoms with Crippen molar-refractivity contribution in [3.8, 4) is 0 Å². The van der Waals surface area contributed by atoms with Gasteiger partial charge in [-0.15, -0.1) is 11.8 Å². The molecular formula is C29H37N3O4S. The Morgan fingerprint density at radius 3 is 2.35 bits per heavy atom. The summed E-state index contributed by atoms with van der Waals surface area (Å²) in [4.78, 5) is 48.1. The molecule has 4 aliphatic rings. The first-order valence-corrected chi connectivity index (χ1v) is 14.1. The SMILES string of the molecule is CCCN1CC=C[C@]2(C)S[C@]34C=CCN(c5c(C)cccc5C)C(=O)C3N([C@H](C)CO)C(=O)[C@@H]4[C@@H]2C1=O. The Balaban J connectivity index is 1.68. The number of para-hydroxylation sites is 1. The molecule has 0 bridgehead atoms. The summed E-state index contributed by atoms with van der Waals surface area (Å²) < 4.78 is -1.53. The van der Waals surface area contributed by atoms with Crippen LogP contribution in [0.15, 0.2) is 42.5 Å². The number of carbonyl (C=O) groups is 3. The third kappa shape index (κ3) is 3.70. The summed E-state index contributed by atoms with van der Waals surface area (Å²) in [7, 11) is 0. The fourth-order valence-corrected chi connectivity index (χ4v) is 9.12. The van der Waals surface area contributed by atoms with Gasteiger partial charge in [-0.3, -0.25) is 14.4 Å². The number of rotatable bonds is 5. The molecule has 5 rings (SSSR count). The molecule has 37 heavy (non-hydrogen) atoms. The minimum Gasteiger partial charge on any atom is -0.394 e. The van der Waals surface area contributed by atoms with Gasteiger partial charge in [0.05, 0.1) is 29.2 Å². The van der Waals surface area contributed by atoms with Crippen molar-refractivity contribution in [2.45, 2.75) is 62.6 Å². The molecule has 198 valence electrons. The summed E-state index contributed by atoms with van der Waals surface area (Å²) in [5, 5.41) is 10.2. The van der Waals surface area contributed by atoms with Gasteiger partial charge in [-0.2, -0.15) is 0 Å². The molecule has 1 aromatic carbocycles. The van der Waals surface area contributed by atoms with E-state index < -0.39 is 33.4 Å². The third-order valence-electron chi connectivity index (χ3n) is 8.52. The number of thioether (sulfide) groups is 1. The quantitative estimate of drug-likeness (QED) is 0.600. The van der Waals surface area contributed by atoms with E-state index >= 15 is 0 Å². The molecule has 2 fully saturated rings. The number of carbonyl (C=O) groups excluding carboxylic acids is 3. The monoisotopic (exact) mass is 523 g/mol. The standard InChI is InChI=1S/C29H37N3O4S/c1-6-14-30-15-8-12-28(5)21(25(30)34)22-26(35)32(20(4)17-33)24-27(36)31(16-9-13-29(22,24)37-28)23-18(2)10-7-11-19(23)3/h7-13,20-22,24,33H,6,14-17H2,1-5H3/t20-,21-,22+,24?,28+,29+/m1/s1. The summed E-state index contributed by atoms with van der Waals surface area (Å²) in [5.41, 5.74) is 2.84. The maximum absolute atomic E-state index is 14.6. The molecule has 8 heteroatoms. The summed E-state index contributed by atoms with van der Waals surface area (Å²) >= 11 is 1.58. The van der Waals surface area contributed by atoms with Crippen LogP contribution in [0.3, 0.4) is 0 Å². The summed E-state index contributed by atoms with van der Waals surface area (Å²) in [6.45, 7) is 11.1. The first kappa shape index (κ1) is 26.0. The Kier molecular flexibility index (Phi) is 6.55. The summed E-state index contributed by atoms with van der Waals surface area (Å²) in [6, 6.07) is 4.59. The van der Waals surface area contributed by atoms with E-state index in [4.69, 9.17) is 0 Å². The molecule has 0 saturated carbocycles. The van der Waals surface area contributed by atoms with E-state index in [0.717, 1.165) is 23.2 Å². The smallest absolute Gasteiger partial charge is 0.251 e. The van der Waals surface area contributed by atoms with Gasteiger partial charge >= 0.3 is 0 Å². The van der Waals surface area contributed by atoms with Gasteiger partial charge in [0.25, 0.3) is 5.91 Å². The number of benzene rings is 1. The second-order valence-electron chi connectivity index (χ2n) is 11.1. The van der Waals surface area contributed by atoms with Crippen molar-refractivity contribution >= 4 is 35.2 Å². The fraction of sp³-hybridized carbons (Fsp3) is 0.552. The van der Waals surface area contributed by atoms with Crippen LogP contribution >= 0.6 is 11.8 Å². The predicted octanol–water partition coefficient (Wildman–Crippen LogP) is 3.08. The lowest BCUT2D eigenvalue weighted by Gasteiger charge is -2.39. The van der Waals surface area contributed by atoms with Gasteiger partial charge in [0, 0.05) is 30.1 Å². The number of aliphatic hydroxyl groups excluding tert-OH is 1. The van der Waals surface area contributed by atoms with Crippen LogP contribution in [0.4, 0.5) is 5.69 Å². The Labute approximate surface area is 223 Å². The molecule has 1 aromatic rings. The van der Waals surface area contributed by atoms with Crippen molar-refractivity contribution in [3.05, 3.63) is 53.6 Å². The number of aryl methyl sites for hydroxylation is 2. The van der Waals surface area contributed by atoms with E-state index in [9.17, 15) is 19.5 Å². The normalized spacial score (nSPS) is 33.8. The Bertz CT molecular complexity index is 1180. The lowest BCUT2D eigenvalue weighted by atomic mass is 9.74. The lowest BCUT2D eigenvalue weighted by molar-refractivity contribution is -0.145. The Hall–Kier alpha value is -2.58. The summed E-state index contributed by atoms with van der Waals surface area (Å²) in [6.07, 6.45) is 8.98. The number of fused-ring (bicyclic) bond motifs is 2. The molecule has 0 aliphatic carbocycles. The highest BCUT2D eigenvalue weighted by atomic mass is 32.2. The first-order chi connectivity index (χ1) is 17.6. The molecule has 0 radical (unpaired) electrons. The minimum atomic E-state index is -0.905. The molecule has 3 amide bonds. The molecule has 7 nitrogen and oxygen atoms in total. The maximum atomic E-state index is 14.6. The highest BCUT2D eigenvalue weighted by Gasteiger charge is 2.74. The van der Waals surface area contributed by atoms with E-state index in [2.05, 4.69) is 6.08 Å². The topological polar surface area (TPSA) is 81.2 Å². The number of amides is 3. The van der Waals surface area contributed by atoms with Crippen LogP contribution in [0, 0.1) is 25.7 Å². The van der Waals surface area contributed by atoms with Gasteiger partial charge in [-0.05, 0) is 45.2 Å². The zero-order valence-electron chi connectivity index (χ0n) is 22.3. The van der Waals surface area contributed by atoms with E-state index in [1.165, 1.54) is 0 Å². The molecular weight excluding hydrogens is 486 g/mol. The predicted molar refractivity (Wildman–Crippen MR) is 146 cm³/mol. The molecule has 6 atom stereocenters. The van der Waals surface area contributed by atoms with E-state index in [1.807, 2.05) is 69.0 Å². The van der Waals surface area contributed by atoms with Crippen molar-refractivity contribution in [2.75, 3.05) is 31.1 Å². The second-order valence-corrected chi connectivity index (χ2v) is 12.8. The highest BCUT2D eigenvalue weighted by molar-refractivity contribution is 8.02. The molecule has 0 aromatic heterocycles. The molecule has 4 heterocycles. The molecule has 4 aliphatic heterocycles. The molecule has 2 saturated heterocycles. The van der Waals surface area contributed by atoms with E-state index in [-0.39, 0.29) is 24.3 Å². The number of aliphatic hydroxyl groups is 1. The van der Waals surface area contributed by atoms with Gasteiger partial charge in [0.15, 0.2) is 0 Å². The minimum absolute atomic E-state index is 0.0222. The average Bonchev–Trinajstić information content (AvgIpc) is 3.14. The fourth-order valence-electron chi connectivity index (χ4n) is 6.98. The van der Waals surface area contributed by atoms with Crippen molar-refractivity contribution < 1.29 is 19.5 Å². The largest absolute Gasteiger partial charge is 0.394 e. The van der Waals surface area contributed by atoms with Gasteiger partial charge in [0.2, 0.25) is 11.8 Å². The number of hydrogen-bond donors (Lipinski definition) is 1. The van der Waals surface area contributed by atoms with Crippen LogP contribution < -0.4 is 4.90 Å². The van der Waals surface area contributed by atoms with Gasteiger partial charge in [-0.25, -0.2) is 0 Å². The van der Waals surface area contributed by atoms with Crippen LogP contribution in [0.1, 0.15) is 38.3 Å². The zero-order valence-corrected chi connectivity index (χ0v) is 23.1. The van der Waals surface area contributed by atoms with E-state index in [0.29, 0.717) is 19.6 Å². The first-order valence-electron chi connectivity index (χ1n) is 13.3. The van der Waals surface area contributed by atoms with E-state index in [1.54, 1.807) is 28.5 Å². The Morgan fingerprint density at radius 1 is 1.03 bits per heavy atom. The molecule has 1 spiro atoms.